The molecule has 2 aliphatic heterocycles. The molecule has 137 heavy (non-hydrogen) atoms. The zero-order chi connectivity index (χ0) is 99.2. The third kappa shape index (κ3) is 47.6. The smallest absolute Gasteiger partial charge is 0.410 e. The minimum Gasteiger partial charge on any atom is -0.508 e. The van der Waals surface area contributed by atoms with Crippen LogP contribution in [0.5, 0.6) is 5.75 Å². The maximum absolute atomic E-state index is 14.6. The van der Waals surface area contributed by atoms with E-state index in [1.807, 2.05) is 31.2 Å². The number of anilines is 1. The third-order valence-corrected chi connectivity index (χ3v) is 21.0. The molecule has 0 bridgehead atoms. The van der Waals surface area contributed by atoms with Gasteiger partial charge in [0.1, 0.15) is 53.8 Å². The highest BCUT2D eigenvalue weighted by molar-refractivity contribution is 6.15. The number of nitrogens with zero attached hydrogens (tertiary/aromatic N) is 2. The van der Waals surface area contributed by atoms with Crippen LogP contribution in [0.1, 0.15) is 121 Å². The van der Waals surface area contributed by atoms with Crippen LogP contribution >= 0.6 is 0 Å². The number of hydrogen-bond acceptors (Lipinski definition) is 32. The summed E-state index contributed by atoms with van der Waals surface area (Å²) >= 11 is 0. The third-order valence-electron chi connectivity index (χ3n) is 21.0. The highest BCUT2D eigenvalue weighted by Gasteiger charge is 2.54. The maximum Gasteiger partial charge on any atom is 0.410 e. The average Bonchev–Trinajstić information content (AvgIpc) is 1.56. The van der Waals surface area contributed by atoms with Crippen LogP contribution in [-0.4, -0.2) is 373 Å². The number of rotatable bonds is 75. The van der Waals surface area contributed by atoms with Crippen molar-refractivity contribution in [3.8, 4) is 5.75 Å². The summed E-state index contributed by atoms with van der Waals surface area (Å²) in [7, 11) is 1.63. The molecule has 6 rings (SSSR count). The van der Waals surface area contributed by atoms with E-state index in [0.717, 1.165) is 77.8 Å². The molecule has 42 heteroatoms. The van der Waals surface area contributed by atoms with Crippen molar-refractivity contribution in [1.29, 1.82) is 0 Å². The average molecular weight is 1940 g/mol. The molecule has 0 spiro atoms. The van der Waals surface area contributed by atoms with Gasteiger partial charge in [0.2, 0.25) is 47.3 Å². The number of aromatic hydroxyl groups is 1. The van der Waals surface area contributed by atoms with E-state index < -0.39 is 146 Å². The van der Waals surface area contributed by atoms with Crippen molar-refractivity contribution >= 4 is 76.8 Å². The number of carbonyl (C=O) groups is 12. The lowest BCUT2D eigenvalue weighted by Gasteiger charge is -2.36. The zero-order valence-corrected chi connectivity index (χ0v) is 80.8. The standard InChI is InChI=1S/C95H146N10O32/c1-70-72(20-25-76-87(70)103-91(117)95(76,73-18-14-9-10-15-19-73)74-21-23-75(106)24-22-74)68-135-69-100-82(109)64-99-89(115)78(62-71-16-12-11-13-17-71)101-83(110)65-98-81(108)63-97-80(107)27-26-77(102-90(116)79(105-84(111)28-29-85(105)112)66-104(92(118)137-94(5,6)7)67-86(113)136-93(2,3)4)88(114)96-30-31-120-34-35-122-38-39-124-42-43-126-46-47-128-50-51-130-54-55-132-58-59-134-61-60-133-57-56-131-53-52-129-49-48-127-45-44-125-41-40-123-37-36-121-33-32-119-8/h11-13,16-17,20-25,28-29,73,77-79,106H,9-10,14-15,18-19,26-27,30-69H2,1-8H3,(H,96,114)(H,97,107)(H,98,108)(H,99,115)(H,100,109)(H,101,110)(H,102,116)(H,103,117)/t77-,78-,79-,95-/m0/s1. The number of benzene rings is 3. The number of esters is 1. The van der Waals surface area contributed by atoms with E-state index in [2.05, 4.69) is 42.5 Å². The Bertz CT molecular complexity index is 4080. The molecule has 768 valence electrons. The van der Waals surface area contributed by atoms with Gasteiger partial charge in [-0.15, -0.1) is 0 Å². The summed E-state index contributed by atoms with van der Waals surface area (Å²) in [5, 5.41) is 31.0. The highest BCUT2D eigenvalue weighted by atomic mass is 16.6. The predicted molar refractivity (Wildman–Crippen MR) is 496 cm³/mol. The molecular formula is C95H146N10O32. The minimum atomic E-state index is -1.91. The molecule has 2 heterocycles. The molecule has 11 amide bonds. The van der Waals surface area contributed by atoms with Gasteiger partial charge in [0.05, 0.1) is 238 Å². The number of phenolic OH excluding ortho intramolecular Hbond substituents is 1. The van der Waals surface area contributed by atoms with E-state index in [-0.39, 0.29) is 76.9 Å². The fourth-order valence-corrected chi connectivity index (χ4v) is 14.3. The summed E-state index contributed by atoms with van der Waals surface area (Å²) in [6.07, 6.45) is 5.59. The van der Waals surface area contributed by atoms with Gasteiger partial charge in [-0.25, -0.2) is 4.79 Å². The summed E-state index contributed by atoms with van der Waals surface area (Å²) in [5.74, 6) is -8.70. The Balaban J connectivity index is 0.851. The molecule has 1 saturated carbocycles. The van der Waals surface area contributed by atoms with E-state index in [1.54, 1.807) is 91.1 Å². The number of methoxy groups -OCH3 is 1. The van der Waals surface area contributed by atoms with E-state index in [0.29, 0.717) is 188 Å². The van der Waals surface area contributed by atoms with Crippen molar-refractivity contribution in [2.45, 2.75) is 148 Å². The highest BCUT2D eigenvalue weighted by Crippen LogP contribution is 2.53. The Morgan fingerprint density at radius 3 is 1.36 bits per heavy atom. The lowest BCUT2D eigenvalue weighted by molar-refractivity contribution is -0.156. The molecule has 42 nitrogen and oxygen atoms in total. The molecule has 0 radical (unpaired) electrons. The van der Waals surface area contributed by atoms with Crippen LogP contribution in [0.25, 0.3) is 0 Å². The summed E-state index contributed by atoms with van der Waals surface area (Å²) in [6, 6.07) is 14.7. The van der Waals surface area contributed by atoms with Crippen molar-refractivity contribution in [2.75, 3.05) is 263 Å². The van der Waals surface area contributed by atoms with Crippen molar-refractivity contribution in [3.63, 3.8) is 0 Å². The fraction of sp³-hybridized carbons (Fsp3) is 0.663. The second kappa shape index (κ2) is 67.5. The molecule has 1 aliphatic carbocycles. The van der Waals surface area contributed by atoms with E-state index >= 15 is 0 Å². The SMILES string of the molecule is COCCOCCOCCOCCOCCOCCOCCOCCOCCOCCOCCOCCOCCOCCOCCOCCNC(=O)[C@H](CCC(=O)NCC(=O)NCC(=O)N[C@@H](Cc1ccccc1)C(=O)NCC(=O)NCOCc1ccc2c(c1C)NC(=O)[C@]2(c1ccc(O)cc1)C1CCCCCC1)NC(=O)[C@H](CN(CC(=O)OC(C)(C)C)C(=O)OC(C)(C)C)N1C(=O)C=CC1=O. The first kappa shape index (κ1) is 116. The summed E-state index contributed by atoms with van der Waals surface area (Å²) in [4.78, 5) is 165. The molecule has 9 N–H and O–H groups in total. The normalized spacial score (nSPS) is 15.1. The lowest BCUT2D eigenvalue weighted by atomic mass is 9.63. The Morgan fingerprint density at radius 1 is 0.467 bits per heavy atom. The molecule has 0 unspecified atom stereocenters. The molecule has 1 fully saturated rings. The second-order valence-corrected chi connectivity index (χ2v) is 33.9. The number of nitrogens with one attached hydrogen (secondary N) is 8. The summed E-state index contributed by atoms with van der Waals surface area (Å²) < 4.78 is 105. The Hall–Kier alpha value is -9.84. The molecule has 3 aromatic rings. The van der Waals surface area contributed by atoms with Gasteiger partial charge in [0.25, 0.3) is 11.8 Å². The van der Waals surface area contributed by atoms with Crippen LogP contribution in [0.2, 0.25) is 0 Å². The molecule has 0 aromatic heterocycles. The van der Waals surface area contributed by atoms with Crippen molar-refractivity contribution < 1.29 is 153 Å². The van der Waals surface area contributed by atoms with Crippen molar-refractivity contribution in [3.05, 3.63) is 107 Å². The molecule has 0 saturated heterocycles. The van der Waals surface area contributed by atoms with Gasteiger partial charge in [0, 0.05) is 44.3 Å². The monoisotopic (exact) mass is 1940 g/mol. The van der Waals surface area contributed by atoms with E-state index in [4.69, 9.17) is 90.0 Å². The number of phenols is 1. The van der Waals surface area contributed by atoms with Crippen molar-refractivity contribution in [1.82, 2.24) is 47.0 Å². The topological polar surface area (TPSA) is 503 Å². The first-order valence-corrected chi connectivity index (χ1v) is 46.8. The van der Waals surface area contributed by atoms with E-state index in [9.17, 15) is 62.6 Å². The van der Waals surface area contributed by atoms with Gasteiger partial charge in [-0.3, -0.25) is 62.5 Å². The number of amides is 11. The van der Waals surface area contributed by atoms with Gasteiger partial charge in [-0.1, -0.05) is 80.3 Å². The quantitative estimate of drug-likeness (QED) is 0.0129. The van der Waals surface area contributed by atoms with Gasteiger partial charge in [0.15, 0.2) is 0 Å². The fourth-order valence-electron chi connectivity index (χ4n) is 14.3. The van der Waals surface area contributed by atoms with Crippen LogP contribution in [0, 0.1) is 12.8 Å². The lowest BCUT2D eigenvalue weighted by Crippen LogP contribution is -2.59. The molecule has 4 atom stereocenters. The Morgan fingerprint density at radius 2 is 0.898 bits per heavy atom. The number of fused-ring (bicyclic) bond motifs is 1. The van der Waals surface area contributed by atoms with Crippen LogP contribution in [0.4, 0.5) is 10.5 Å². The molecular weight excluding hydrogens is 1790 g/mol. The number of carbonyl (C=O) groups excluding carboxylic acids is 12. The predicted octanol–water partition coefficient (Wildman–Crippen LogP) is 2.72. The maximum atomic E-state index is 14.6. The van der Waals surface area contributed by atoms with Gasteiger partial charge < -0.3 is 138 Å². The Labute approximate surface area is 802 Å². The summed E-state index contributed by atoms with van der Waals surface area (Å²) in [5.41, 5.74) is 1.50. The number of hydrogen-bond donors (Lipinski definition) is 9. The van der Waals surface area contributed by atoms with Crippen LogP contribution in [0.3, 0.4) is 0 Å². The zero-order valence-electron chi connectivity index (χ0n) is 80.8. The second-order valence-electron chi connectivity index (χ2n) is 33.9. The van der Waals surface area contributed by atoms with Crippen molar-refractivity contribution in [2.24, 2.45) is 5.92 Å². The summed E-state index contributed by atoms with van der Waals surface area (Å²) in [6.45, 7) is 19.7. The Kier molecular flexibility index (Phi) is 57.1. The first-order chi connectivity index (χ1) is 66.1. The minimum absolute atomic E-state index is 0.0212. The van der Waals surface area contributed by atoms with Crippen LogP contribution in [0.15, 0.2) is 78.9 Å². The van der Waals surface area contributed by atoms with E-state index in [1.165, 1.54) is 0 Å². The molecule has 3 aliphatic rings. The van der Waals surface area contributed by atoms with Gasteiger partial charge in [-0.2, -0.15) is 0 Å². The van der Waals surface area contributed by atoms with Gasteiger partial charge >= 0.3 is 12.1 Å². The van der Waals surface area contributed by atoms with Gasteiger partial charge in [-0.05, 0) is 114 Å². The first-order valence-electron chi connectivity index (χ1n) is 46.8. The van der Waals surface area contributed by atoms with Crippen LogP contribution < -0.4 is 42.5 Å². The molecule has 3 aromatic carbocycles. The van der Waals surface area contributed by atoms with Crippen LogP contribution in [-0.2, 0) is 161 Å². The largest absolute Gasteiger partial charge is 0.508 e. The number of imide groups is 1. The number of ether oxygens (including phenoxy) is 19.